The largest absolute Gasteiger partial charge is 0.480 e. The second-order valence-electron chi connectivity index (χ2n) is 6.16. The topological polar surface area (TPSA) is 93.1 Å². The summed E-state index contributed by atoms with van der Waals surface area (Å²) in [5.41, 5.74) is 0. The van der Waals surface area contributed by atoms with Crippen LogP contribution in [0, 0.1) is 0 Å². The van der Waals surface area contributed by atoms with Gasteiger partial charge in [0.05, 0.1) is 0 Å². The zero-order chi connectivity index (χ0) is 18.0. The van der Waals surface area contributed by atoms with Gasteiger partial charge in [-0.25, -0.2) is 9.59 Å². The predicted octanol–water partition coefficient (Wildman–Crippen LogP) is 4.22. The van der Waals surface area contributed by atoms with E-state index in [1.165, 1.54) is 51.4 Å². The summed E-state index contributed by atoms with van der Waals surface area (Å²) in [6.45, 7) is 1.29. The van der Waals surface area contributed by atoms with E-state index >= 15 is 0 Å². The summed E-state index contributed by atoms with van der Waals surface area (Å²) in [7, 11) is 0. The van der Waals surface area contributed by atoms with Crippen molar-refractivity contribution in [1.82, 2.24) is 0 Å². The minimum atomic E-state index is -1.09. The number of hydrogen-bond acceptors (Lipinski definition) is 4. The molecule has 0 bridgehead atoms. The highest BCUT2D eigenvalue weighted by atomic mass is 16.7. The molecule has 0 rings (SSSR count). The Morgan fingerprint density at radius 1 is 0.708 bits per heavy atom. The molecule has 24 heavy (non-hydrogen) atoms. The highest BCUT2D eigenvalue weighted by molar-refractivity contribution is 5.68. The maximum absolute atomic E-state index is 10.5. The number of carboxylic acid groups (broad SMARTS) is 2. The van der Waals surface area contributed by atoms with Crippen molar-refractivity contribution in [2.24, 2.45) is 0 Å². The minimum absolute atomic E-state index is 0.470. The number of ether oxygens (including phenoxy) is 2. The van der Waals surface area contributed by atoms with Crippen LogP contribution in [-0.2, 0) is 19.1 Å². The van der Waals surface area contributed by atoms with E-state index in [4.69, 9.17) is 19.7 Å². The summed E-state index contributed by atoms with van der Waals surface area (Å²) in [5.74, 6) is -2.17. The third kappa shape index (κ3) is 17.2. The average Bonchev–Trinajstić information content (AvgIpc) is 2.54. The Labute approximate surface area is 145 Å². The van der Waals surface area contributed by atoms with Gasteiger partial charge in [-0.3, -0.25) is 0 Å². The minimum Gasteiger partial charge on any atom is -0.480 e. The van der Waals surface area contributed by atoms with Crippen molar-refractivity contribution in [2.45, 2.75) is 90.3 Å². The predicted molar refractivity (Wildman–Crippen MR) is 92.0 cm³/mol. The van der Waals surface area contributed by atoms with Gasteiger partial charge >= 0.3 is 11.9 Å². The van der Waals surface area contributed by atoms with Crippen LogP contribution in [0.4, 0.5) is 0 Å². The first kappa shape index (κ1) is 22.9. The Balaban J connectivity index is 3.56. The van der Waals surface area contributed by atoms with Crippen LogP contribution in [0.2, 0.25) is 0 Å². The van der Waals surface area contributed by atoms with Crippen LogP contribution in [0.1, 0.15) is 84.0 Å². The van der Waals surface area contributed by atoms with Crippen molar-refractivity contribution in [3.05, 3.63) is 0 Å². The van der Waals surface area contributed by atoms with Crippen molar-refractivity contribution in [1.29, 1.82) is 0 Å². The van der Waals surface area contributed by atoms with Crippen LogP contribution in [-0.4, -0.2) is 41.7 Å². The van der Waals surface area contributed by atoms with Crippen LogP contribution < -0.4 is 0 Å². The Morgan fingerprint density at radius 3 is 1.46 bits per heavy atom. The van der Waals surface area contributed by atoms with Crippen LogP contribution in [0.3, 0.4) is 0 Å². The van der Waals surface area contributed by atoms with E-state index in [1.807, 2.05) is 0 Å². The van der Waals surface area contributed by atoms with Crippen molar-refractivity contribution in [3.8, 4) is 0 Å². The van der Waals surface area contributed by atoms with Crippen LogP contribution >= 0.6 is 0 Å². The molecule has 0 aromatic carbocycles. The molecule has 2 N–H and O–H groups in total. The standard InChI is InChI=1S/C18H34O6/c1-2-3-4-5-6-7-8-9-10-11-12-13-18(23-14-16(19)20)24-15-17(21)22/h18H,2-15H2,1H3,(H,19,20)(H,21,22). The highest BCUT2D eigenvalue weighted by Crippen LogP contribution is 2.13. The lowest BCUT2D eigenvalue weighted by molar-refractivity contribution is -0.178. The molecule has 0 aliphatic heterocycles. The molecule has 0 amide bonds. The normalized spacial score (nSPS) is 11.1. The first-order chi connectivity index (χ1) is 11.6. The Kier molecular flexibility index (Phi) is 15.9. The lowest BCUT2D eigenvalue weighted by Gasteiger charge is -2.16. The molecule has 0 unspecified atom stereocenters. The van der Waals surface area contributed by atoms with Crippen molar-refractivity contribution < 1.29 is 29.3 Å². The van der Waals surface area contributed by atoms with Crippen LogP contribution in [0.15, 0.2) is 0 Å². The number of aliphatic carboxylic acids is 2. The van der Waals surface area contributed by atoms with Gasteiger partial charge in [0.1, 0.15) is 13.2 Å². The molecule has 0 saturated heterocycles. The molecule has 6 heteroatoms. The zero-order valence-electron chi connectivity index (χ0n) is 15.0. The monoisotopic (exact) mass is 346 g/mol. The van der Waals surface area contributed by atoms with Gasteiger partial charge in [0.15, 0.2) is 6.29 Å². The van der Waals surface area contributed by atoms with Gasteiger partial charge in [0.2, 0.25) is 0 Å². The first-order valence-corrected chi connectivity index (χ1v) is 9.23. The van der Waals surface area contributed by atoms with Gasteiger partial charge in [-0.15, -0.1) is 0 Å². The summed E-state index contributed by atoms with van der Waals surface area (Å²) >= 11 is 0. The smallest absolute Gasteiger partial charge is 0.329 e. The lowest BCUT2D eigenvalue weighted by Crippen LogP contribution is -2.24. The fraction of sp³-hybridized carbons (Fsp3) is 0.889. The quantitative estimate of drug-likeness (QED) is 0.285. The molecular weight excluding hydrogens is 312 g/mol. The molecule has 0 aliphatic rings. The number of hydrogen-bond donors (Lipinski definition) is 2. The summed E-state index contributed by atoms with van der Waals surface area (Å²) in [5, 5.41) is 17.2. The Hall–Kier alpha value is -1.14. The zero-order valence-corrected chi connectivity index (χ0v) is 15.0. The Morgan fingerprint density at radius 2 is 1.08 bits per heavy atom. The third-order valence-corrected chi connectivity index (χ3v) is 3.83. The fourth-order valence-corrected chi connectivity index (χ4v) is 2.52. The van der Waals surface area contributed by atoms with E-state index in [0.29, 0.717) is 6.42 Å². The van der Waals surface area contributed by atoms with E-state index in [2.05, 4.69) is 6.92 Å². The molecule has 0 aromatic heterocycles. The summed E-state index contributed by atoms with van der Waals surface area (Å²) in [6.07, 6.45) is 13.2. The molecule has 0 saturated carbocycles. The molecule has 142 valence electrons. The van der Waals surface area contributed by atoms with Gasteiger partial charge in [0.25, 0.3) is 0 Å². The maximum atomic E-state index is 10.5. The lowest BCUT2D eigenvalue weighted by atomic mass is 10.1. The van der Waals surface area contributed by atoms with Gasteiger partial charge in [-0.05, 0) is 12.8 Å². The molecule has 0 fully saturated rings. The fourth-order valence-electron chi connectivity index (χ4n) is 2.52. The second-order valence-corrected chi connectivity index (χ2v) is 6.16. The van der Waals surface area contributed by atoms with Gasteiger partial charge in [0, 0.05) is 0 Å². The van der Waals surface area contributed by atoms with Gasteiger partial charge < -0.3 is 19.7 Å². The van der Waals surface area contributed by atoms with Crippen LogP contribution in [0.5, 0.6) is 0 Å². The van der Waals surface area contributed by atoms with E-state index in [-0.39, 0.29) is 0 Å². The number of unbranched alkanes of at least 4 members (excludes halogenated alkanes) is 10. The van der Waals surface area contributed by atoms with E-state index < -0.39 is 31.4 Å². The molecular formula is C18H34O6. The second kappa shape index (κ2) is 16.7. The summed E-state index contributed by atoms with van der Waals surface area (Å²) in [4.78, 5) is 21.0. The third-order valence-electron chi connectivity index (χ3n) is 3.83. The van der Waals surface area contributed by atoms with E-state index in [1.54, 1.807) is 0 Å². The van der Waals surface area contributed by atoms with Crippen molar-refractivity contribution in [2.75, 3.05) is 13.2 Å². The van der Waals surface area contributed by atoms with Crippen molar-refractivity contribution in [3.63, 3.8) is 0 Å². The molecule has 0 atom stereocenters. The average molecular weight is 346 g/mol. The van der Waals surface area contributed by atoms with Gasteiger partial charge in [-0.2, -0.15) is 0 Å². The molecule has 6 nitrogen and oxygen atoms in total. The first-order valence-electron chi connectivity index (χ1n) is 9.23. The number of carboxylic acids is 2. The number of rotatable bonds is 18. The van der Waals surface area contributed by atoms with Gasteiger partial charge in [-0.1, -0.05) is 71.1 Å². The maximum Gasteiger partial charge on any atom is 0.329 e. The van der Waals surface area contributed by atoms with E-state index in [0.717, 1.165) is 19.3 Å². The molecule has 0 spiro atoms. The Bertz CT molecular complexity index is 301. The molecule has 0 aromatic rings. The molecule has 0 heterocycles. The van der Waals surface area contributed by atoms with Crippen molar-refractivity contribution >= 4 is 11.9 Å². The summed E-state index contributed by atoms with van der Waals surface area (Å²) < 4.78 is 10.1. The molecule has 0 aliphatic carbocycles. The van der Waals surface area contributed by atoms with E-state index in [9.17, 15) is 9.59 Å². The SMILES string of the molecule is CCCCCCCCCCCCCC(OCC(=O)O)OCC(=O)O. The number of carbonyl (C=O) groups is 2. The highest BCUT2D eigenvalue weighted by Gasteiger charge is 2.13. The summed E-state index contributed by atoms with van der Waals surface area (Å²) in [6, 6.07) is 0. The van der Waals surface area contributed by atoms with Crippen LogP contribution in [0.25, 0.3) is 0 Å². The molecule has 0 radical (unpaired) electrons.